The molecule has 33 heavy (non-hydrogen) atoms. The molecule has 3 atom stereocenters. The highest BCUT2D eigenvalue weighted by atomic mass is 31.2. The average molecular weight is 493 g/mol. The third kappa shape index (κ3) is 10.2. The van der Waals surface area contributed by atoms with E-state index in [4.69, 9.17) is 19.3 Å². The number of ether oxygens (including phenoxy) is 2. The highest BCUT2D eigenvalue weighted by molar-refractivity contribution is 7.46. The van der Waals surface area contributed by atoms with E-state index in [0.29, 0.717) is 6.61 Å². The summed E-state index contributed by atoms with van der Waals surface area (Å²) in [5, 5.41) is 10.1. The number of nitrogens with zero attached hydrogens (tertiary/aromatic N) is 1. The molecular formula is C21H37N2O9P. The summed E-state index contributed by atoms with van der Waals surface area (Å²) in [7, 11) is -4.72. The molecule has 1 fully saturated rings. The third-order valence-electron chi connectivity index (χ3n) is 5.61. The van der Waals surface area contributed by atoms with Crippen LogP contribution in [0.15, 0.2) is 15.8 Å². The first-order valence-corrected chi connectivity index (χ1v) is 13.2. The molecule has 2 heterocycles. The van der Waals surface area contributed by atoms with Crippen molar-refractivity contribution in [2.75, 3.05) is 13.2 Å². The van der Waals surface area contributed by atoms with Gasteiger partial charge in [0.1, 0.15) is 12.3 Å². The van der Waals surface area contributed by atoms with Crippen molar-refractivity contribution in [1.29, 1.82) is 0 Å². The van der Waals surface area contributed by atoms with Gasteiger partial charge in [-0.2, -0.15) is 0 Å². The van der Waals surface area contributed by atoms with E-state index >= 15 is 0 Å². The third-order valence-corrected chi connectivity index (χ3v) is 6.10. The number of aromatic nitrogens is 2. The van der Waals surface area contributed by atoms with Crippen molar-refractivity contribution in [2.24, 2.45) is 0 Å². The van der Waals surface area contributed by atoms with Crippen LogP contribution in [0.2, 0.25) is 0 Å². The van der Waals surface area contributed by atoms with Crippen molar-refractivity contribution in [1.82, 2.24) is 9.55 Å². The van der Waals surface area contributed by atoms with Gasteiger partial charge < -0.3 is 24.4 Å². The molecule has 0 aliphatic carbocycles. The molecule has 12 heteroatoms. The number of nitrogens with one attached hydrogen (secondary N) is 1. The van der Waals surface area contributed by atoms with Gasteiger partial charge in [-0.25, -0.2) is 9.36 Å². The zero-order valence-electron chi connectivity index (χ0n) is 19.2. The molecule has 1 saturated heterocycles. The molecule has 1 aromatic rings. The Balaban J connectivity index is 1.78. The minimum Gasteiger partial charge on any atom is -0.390 e. The van der Waals surface area contributed by atoms with E-state index in [1.165, 1.54) is 44.7 Å². The lowest BCUT2D eigenvalue weighted by atomic mass is 10.1. The quantitative estimate of drug-likeness (QED) is 0.201. The first-order chi connectivity index (χ1) is 15.7. The van der Waals surface area contributed by atoms with Gasteiger partial charge in [0, 0.05) is 19.2 Å². The Labute approximate surface area is 193 Å². The van der Waals surface area contributed by atoms with Gasteiger partial charge >= 0.3 is 13.5 Å². The fourth-order valence-electron chi connectivity index (χ4n) is 3.75. The topological polar surface area (TPSA) is 160 Å². The van der Waals surface area contributed by atoms with Crippen LogP contribution in [0.5, 0.6) is 0 Å². The molecular weight excluding hydrogens is 455 g/mol. The standard InChI is InChI=1S/C21H37N2O9P/c1-2-3-4-5-6-7-8-9-10-11-30-14-16-13-23(21(26)22-20(16)25)19-12-17(24)18(32-19)15-31-33(27,28)29/h13,17-19,24H,2-12,14-15H2,1H3,(H,22,25,26)(H2,27,28,29)/t17-,18+,19+/m0/s1. The van der Waals surface area contributed by atoms with E-state index in [0.717, 1.165) is 23.8 Å². The predicted octanol–water partition coefficient (Wildman–Crippen LogP) is 2.34. The van der Waals surface area contributed by atoms with Crippen LogP contribution in [0.25, 0.3) is 0 Å². The smallest absolute Gasteiger partial charge is 0.390 e. The first kappa shape index (κ1) is 27.9. The normalized spacial score (nSPS) is 21.0. The maximum absolute atomic E-state index is 12.2. The van der Waals surface area contributed by atoms with Crippen LogP contribution in [0, 0.1) is 0 Å². The molecule has 0 bridgehead atoms. The molecule has 0 amide bonds. The number of aliphatic hydroxyl groups is 1. The van der Waals surface area contributed by atoms with Crippen LogP contribution in [0.1, 0.15) is 82.9 Å². The molecule has 0 unspecified atom stereocenters. The van der Waals surface area contributed by atoms with E-state index < -0.39 is 44.1 Å². The maximum atomic E-state index is 12.2. The molecule has 1 aliphatic heterocycles. The van der Waals surface area contributed by atoms with Gasteiger partial charge in [-0.05, 0) is 6.42 Å². The maximum Gasteiger partial charge on any atom is 0.469 e. The van der Waals surface area contributed by atoms with E-state index in [1.807, 2.05) is 0 Å². The second-order valence-corrected chi connectivity index (χ2v) is 9.66. The molecule has 2 rings (SSSR count). The zero-order chi connectivity index (χ0) is 24.3. The van der Waals surface area contributed by atoms with Gasteiger partial charge in [-0.1, -0.05) is 58.3 Å². The van der Waals surface area contributed by atoms with E-state index in [-0.39, 0.29) is 18.6 Å². The lowest BCUT2D eigenvalue weighted by Crippen LogP contribution is -2.34. The number of rotatable bonds is 16. The average Bonchev–Trinajstić information content (AvgIpc) is 3.11. The summed E-state index contributed by atoms with van der Waals surface area (Å²) in [6.07, 6.45) is 9.08. The minimum absolute atomic E-state index is 0.000122. The fraction of sp³-hybridized carbons (Fsp3) is 0.810. The van der Waals surface area contributed by atoms with Crippen molar-refractivity contribution in [3.63, 3.8) is 0 Å². The SMILES string of the molecule is CCCCCCCCCCCOCc1cn([C@H]2C[C@H](O)[C@@H](COP(=O)(O)O)O2)c(=O)[nH]c1=O. The first-order valence-electron chi connectivity index (χ1n) is 11.7. The Morgan fingerprint density at radius 2 is 1.76 bits per heavy atom. The van der Waals surface area contributed by atoms with E-state index in [9.17, 15) is 19.3 Å². The second kappa shape index (κ2) is 14.2. The number of phosphoric ester groups is 1. The van der Waals surface area contributed by atoms with Crippen molar-refractivity contribution in [3.8, 4) is 0 Å². The summed E-state index contributed by atoms with van der Waals surface area (Å²) in [6.45, 7) is 2.22. The monoisotopic (exact) mass is 492 g/mol. The lowest BCUT2D eigenvalue weighted by molar-refractivity contribution is -0.0453. The summed E-state index contributed by atoms with van der Waals surface area (Å²) < 4.78 is 27.5. The number of hydrogen-bond acceptors (Lipinski definition) is 7. The minimum atomic E-state index is -4.72. The number of phosphoric acid groups is 1. The molecule has 0 saturated carbocycles. The largest absolute Gasteiger partial charge is 0.469 e. The van der Waals surface area contributed by atoms with Crippen LogP contribution in [0.3, 0.4) is 0 Å². The Bertz CT molecular complexity index is 866. The number of unbranched alkanes of at least 4 members (excludes halogenated alkanes) is 8. The van der Waals surface area contributed by atoms with Gasteiger partial charge in [0.2, 0.25) is 0 Å². The molecule has 190 valence electrons. The number of H-pyrrole nitrogens is 1. The highest BCUT2D eigenvalue weighted by Gasteiger charge is 2.37. The van der Waals surface area contributed by atoms with Gasteiger partial charge in [0.25, 0.3) is 5.56 Å². The van der Waals surface area contributed by atoms with Crippen LogP contribution < -0.4 is 11.2 Å². The van der Waals surface area contributed by atoms with Crippen molar-refractivity contribution < 1.29 is 33.5 Å². The Hall–Kier alpha value is -1.33. The predicted molar refractivity (Wildman–Crippen MR) is 121 cm³/mol. The molecule has 0 aromatic carbocycles. The van der Waals surface area contributed by atoms with Crippen LogP contribution in [-0.4, -0.2) is 49.9 Å². The van der Waals surface area contributed by atoms with Crippen molar-refractivity contribution >= 4 is 7.82 Å². The second-order valence-electron chi connectivity index (χ2n) is 8.42. The van der Waals surface area contributed by atoms with Gasteiger partial charge in [-0.15, -0.1) is 0 Å². The summed E-state index contributed by atoms with van der Waals surface area (Å²) in [5.41, 5.74) is -1.02. The van der Waals surface area contributed by atoms with E-state index in [2.05, 4.69) is 16.4 Å². The summed E-state index contributed by atoms with van der Waals surface area (Å²) in [6, 6.07) is 0. The Kier molecular flexibility index (Phi) is 12.0. The van der Waals surface area contributed by atoms with Gasteiger partial charge in [0.05, 0.1) is 24.9 Å². The molecule has 0 radical (unpaired) electrons. The zero-order valence-corrected chi connectivity index (χ0v) is 20.1. The molecule has 1 aromatic heterocycles. The molecule has 1 aliphatic rings. The van der Waals surface area contributed by atoms with Crippen LogP contribution in [-0.2, 0) is 25.2 Å². The summed E-state index contributed by atoms with van der Waals surface area (Å²) in [5.74, 6) is 0. The summed E-state index contributed by atoms with van der Waals surface area (Å²) in [4.78, 5) is 44.2. The molecule has 11 nitrogen and oxygen atoms in total. The van der Waals surface area contributed by atoms with Gasteiger partial charge in [0.15, 0.2) is 0 Å². The number of aliphatic hydroxyl groups excluding tert-OH is 1. The van der Waals surface area contributed by atoms with Crippen molar-refractivity contribution in [3.05, 3.63) is 32.6 Å². The van der Waals surface area contributed by atoms with Gasteiger partial charge in [-0.3, -0.25) is 18.9 Å². The lowest BCUT2D eigenvalue weighted by Gasteiger charge is -2.17. The van der Waals surface area contributed by atoms with Crippen molar-refractivity contribution in [2.45, 2.75) is 96.2 Å². The Morgan fingerprint density at radius 3 is 2.39 bits per heavy atom. The molecule has 0 spiro atoms. The van der Waals surface area contributed by atoms with E-state index in [1.54, 1.807) is 0 Å². The Morgan fingerprint density at radius 1 is 1.12 bits per heavy atom. The van der Waals surface area contributed by atoms with Crippen LogP contribution >= 0.6 is 7.82 Å². The fourth-order valence-corrected chi connectivity index (χ4v) is 4.09. The van der Waals surface area contributed by atoms with Crippen LogP contribution in [0.4, 0.5) is 0 Å². The summed E-state index contributed by atoms with van der Waals surface area (Å²) >= 11 is 0. The molecule has 4 N–H and O–H groups in total. The number of aromatic amines is 1. The number of hydrogen-bond donors (Lipinski definition) is 4. The highest BCUT2D eigenvalue weighted by Crippen LogP contribution is 2.38.